The van der Waals surface area contributed by atoms with Crippen molar-refractivity contribution in [3.05, 3.63) is 0 Å². The predicted octanol–water partition coefficient (Wildman–Crippen LogP) is 1.92. The van der Waals surface area contributed by atoms with E-state index in [1.165, 1.54) is 12.8 Å². The van der Waals surface area contributed by atoms with E-state index >= 15 is 0 Å². The number of hydrogen-bond acceptors (Lipinski definition) is 2. The quantitative estimate of drug-likeness (QED) is 0.542. The summed E-state index contributed by atoms with van der Waals surface area (Å²) in [4.78, 5) is 10.6. The van der Waals surface area contributed by atoms with Gasteiger partial charge in [0.05, 0.1) is 0 Å². The minimum atomic E-state index is -0.486. The zero-order valence-corrected chi connectivity index (χ0v) is 7.14. The van der Waals surface area contributed by atoms with E-state index in [2.05, 4.69) is 0 Å². The first-order valence-corrected chi connectivity index (χ1v) is 4.37. The van der Waals surface area contributed by atoms with Gasteiger partial charge in [0.1, 0.15) is 5.60 Å². The molecule has 0 spiro atoms. The van der Waals surface area contributed by atoms with Crippen molar-refractivity contribution in [2.75, 3.05) is 6.61 Å². The van der Waals surface area contributed by atoms with Gasteiger partial charge in [0, 0.05) is 6.61 Å². The molecule has 2 heteroatoms. The lowest BCUT2D eigenvalue weighted by molar-refractivity contribution is -0.131. The highest BCUT2D eigenvalue weighted by atomic mass is 16.5. The first kappa shape index (κ1) is 8.72. The normalized spacial score (nSPS) is 33.9. The molecule has 1 rings (SSSR count). The van der Waals surface area contributed by atoms with Gasteiger partial charge in [-0.2, -0.15) is 0 Å². The van der Waals surface area contributed by atoms with Gasteiger partial charge in [0.2, 0.25) is 0 Å². The topological polar surface area (TPSA) is 26.3 Å². The lowest BCUT2D eigenvalue weighted by atomic mass is 9.98. The van der Waals surface area contributed by atoms with Crippen LogP contribution in [0.25, 0.3) is 0 Å². The van der Waals surface area contributed by atoms with Crippen LogP contribution in [0.2, 0.25) is 0 Å². The molecule has 0 amide bonds. The molecule has 0 aromatic carbocycles. The Hall–Kier alpha value is -0.370. The van der Waals surface area contributed by atoms with Crippen molar-refractivity contribution in [1.82, 2.24) is 0 Å². The van der Waals surface area contributed by atoms with Crippen molar-refractivity contribution in [2.45, 2.75) is 44.6 Å². The summed E-state index contributed by atoms with van der Waals surface area (Å²) in [6.45, 7) is 2.63. The lowest BCUT2D eigenvalue weighted by Gasteiger charge is -2.25. The van der Waals surface area contributed by atoms with Gasteiger partial charge < -0.3 is 9.53 Å². The summed E-state index contributed by atoms with van der Waals surface area (Å²) < 4.78 is 5.45. The first-order chi connectivity index (χ1) is 5.27. The van der Waals surface area contributed by atoms with E-state index in [0.717, 1.165) is 32.2 Å². The van der Waals surface area contributed by atoms with E-state index in [9.17, 15) is 4.79 Å². The zero-order valence-electron chi connectivity index (χ0n) is 7.14. The second-order valence-electron chi connectivity index (χ2n) is 3.44. The Morgan fingerprint density at radius 3 is 2.73 bits per heavy atom. The van der Waals surface area contributed by atoms with Crippen LogP contribution in [0.1, 0.15) is 39.0 Å². The van der Waals surface area contributed by atoms with E-state index in [4.69, 9.17) is 4.74 Å². The Morgan fingerprint density at radius 2 is 2.00 bits per heavy atom. The van der Waals surface area contributed by atoms with Crippen molar-refractivity contribution < 1.29 is 9.53 Å². The maximum atomic E-state index is 10.6. The molecule has 1 atom stereocenters. The number of carbonyl (C=O) groups is 1. The van der Waals surface area contributed by atoms with E-state index in [0.29, 0.717) is 0 Å². The minimum Gasteiger partial charge on any atom is -0.368 e. The molecule has 1 aliphatic heterocycles. The molecule has 1 saturated heterocycles. The van der Waals surface area contributed by atoms with Crippen molar-refractivity contribution >= 4 is 6.29 Å². The molecular formula is C9H16O2. The molecule has 0 aromatic rings. The van der Waals surface area contributed by atoms with Gasteiger partial charge in [-0.1, -0.05) is 19.3 Å². The van der Waals surface area contributed by atoms with E-state index < -0.39 is 5.60 Å². The molecule has 2 nitrogen and oxygen atoms in total. The third-order valence-corrected chi connectivity index (χ3v) is 2.25. The summed E-state index contributed by atoms with van der Waals surface area (Å²) in [5.74, 6) is 0. The van der Waals surface area contributed by atoms with Gasteiger partial charge in [-0.05, 0) is 19.8 Å². The lowest BCUT2D eigenvalue weighted by Crippen LogP contribution is -2.31. The van der Waals surface area contributed by atoms with E-state index in [1.807, 2.05) is 6.92 Å². The van der Waals surface area contributed by atoms with Crippen LogP contribution in [0.15, 0.2) is 0 Å². The third-order valence-electron chi connectivity index (χ3n) is 2.25. The highest BCUT2D eigenvalue weighted by molar-refractivity contribution is 5.61. The van der Waals surface area contributed by atoms with Crippen molar-refractivity contribution in [1.29, 1.82) is 0 Å². The highest BCUT2D eigenvalue weighted by Gasteiger charge is 2.24. The Labute approximate surface area is 67.9 Å². The molecule has 1 aliphatic rings. The van der Waals surface area contributed by atoms with Gasteiger partial charge in [0.15, 0.2) is 6.29 Å². The third kappa shape index (κ3) is 2.62. The van der Waals surface area contributed by atoms with Crippen LogP contribution < -0.4 is 0 Å². The number of aldehydes is 1. The summed E-state index contributed by atoms with van der Waals surface area (Å²) >= 11 is 0. The maximum Gasteiger partial charge on any atom is 0.151 e. The second-order valence-corrected chi connectivity index (χ2v) is 3.44. The predicted molar refractivity (Wildman–Crippen MR) is 43.5 cm³/mol. The molecular weight excluding hydrogens is 140 g/mol. The molecule has 1 unspecified atom stereocenters. The number of rotatable bonds is 1. The summed E-state index contributed by atoms with van der Waals surface area (Å²) in [6.07, 6.45) is 6.54. The average molecular weight is 156 g/mol. The summed E-state index contributed by atoms with van der Waals surface area (Å²) in [7, 11) is 0. The van der Waals surface area contributed by atoms with Crippen LogP contribution in [-0.2, 0) is 9.53 Å². The fourth-order valence-electron chi connectivity index (χ4n) is 1.40. The number of hydrogen-bond donors (Lipinski definition) is 0. The Kier molecular flexibility index (Phi) is 3.06. The van der Waals surface area contributed by atoms with Gasteiger partial charge in [-0.25, -0.2) is 0 Å². The Morgan fingerprint density at radius 1 is 1.27 bits per heavy atom. The van der Waals surface area contributed by atoms with Gasteiger partial charge in [-0.3, -0.25) is 0 Å². The molecule has 1 heterocycles. The van der Waals surface area contributed by atoms with Crippen LogP contribution in [0.4, 0.5) is 0 Å². The molecule has 0 bridgehead atoms. The SMILES string of the molecule is CC1(C=O)CCCCCCO1. The molecule has 0 aliphatic carbocycles. The monoisotopic (exact) mass is 156 g/mol. The molecule has 0 aromatic heterocycles. The van der Waals surface area contributed by atoms with Crippen LogP contribution in [-0.4, -0.2) is 18.5 Å². The Bertz CT molecular complexity index is 124. The van der Waals surface area contributed by atoms with Crippen molar-refractivity contribution in [3.63, 3.8) is 0 Å². The minimum absolute atomic E-state index is 0.486. The van der Waals surface area contributed by atoms with E-state index in [-0.39, 0.29) is 0 Å². The standard InChI is InChI=1S/C9H16O2/c1-9(8-10)6-4-2-3-5-7-11-9/h8H,2-7H2,1H3. The number of ether oxygens (including phenoxy) is 1. The van der Waals surface area contributed by atoms with Crippen molar-refractivity contribution in [3.8, 4) is 0 Å². The van der Waals surface area contributed by atoms with Crippen LogP contribution in [0.3, 0.4) is 0 Å². The first-order valence-electron chi connectivity index (χ1n) is 4.37. The fourth-order valence-corrected chi connectivity index (χ4v) is 1.40. The molecule has 11 heavy (non-hydrogen) atoms. The fraction of sp³-hybridized carbons (Fsp3) is 0.889. The summed E-state index contributed by atoms with van der Waals surface area (Å²) in [5.41, 5.74) is -0.486. The van der Waals surface area contributed by atoms with Gasteiger partial charge >= 0.3 is 0 Å². The molecule has 0 saturated carbocycles. The zero-order chi connectivity index (χ0) is 8.16. The molecule has 0 N–H and O–H groups in total. The van der Waals surface area contributed by atoms with Crippen LogP contribution in [0.5, 0.6) is 0 Å². The van der Waals surface area contributed by atoms with Crippen LogP contribution in [0, 0.1) is 0 Å². The Balaban J connectivity index is 2.43. The van der Waals surface area contributed by atoms with Crippen molar-refractivity contribution in [2.24, 2.45) is 0 Å². The maximum absolute atomic E-state index is 10.6. The molecule has 0 radical (unpaired) electrons. The summed E-state index contributed by atoms with van der Waals surface area (Å²) in [5, 5.41) is 0. The van der Waals surface area contributed by atoms with Crippen LogP contribution >= 0.6 is 0 Å². The number of carbonyl (C=O) groups excluding carboxylic acids is 1. The summed E-state index contributed by atoms with van der Waals surface area (Å²) in [6, 6.07) is 0. The molecule has 1 fully saturated rings. The largest absolute Gasteiger partial charge is 0.368 e. The van der Waals surface area contributed by atoms with Gasteiger partial charge in [-0.15, -0.1) is 0 Å². The smallest absolute Gasteiger partial charge is 0.151 e. The highest BCUT2D eigenvalue weighted by Crippen LogP contribution is 2.20. The second kappa shape index (κ2) is 3.86. The van der Waals surface area contributed by atoms with Gasteiger partial charge in [0.25, 0.3) is 0 Å². The molecule has 64 valence electrons. The average Bonchev–Trinajstić information content (AvgIpc) is 1.98. The van der Waals surface area contributed by atoms with E-state index in [1.54, 1.807) is 0 Å².